The smallest absolute Gasteiger partial charge is 0.310 e. The molecular formula is C23H28F5N3O2S2. The van der Waals surface area contributed by atoms with Gasteiger partial charge in [0, 0.05) is 18.8 Å². The van der Waals surface area contributed by atoms with Gasteiger partial charge in [-0.15, -0.1) is 0 Å². The van der Waals surface area contributed by atoms with Crippen molar-refractivity contribution >= 4 is 32.7 Å². The number of aromatic nitrogens is 1. The first-order valence-electron chi connectivity index (χ1n) is 11.7. The van der Waals surface area contributed by atoms with Crippen molar-refractivity contribution in [3.8, 4) is 0 Å². The second kappa shape index (κ2) is 7.79. The first kappa shape index (κ1) is 24.8. The Hall–Kier alpha value is -1.92. The van der Waals surface area contributed by atoms with Gasteiger partial charge in [0.05, 0.1) is 27.8 Å². The summed E-state index contributed by atoms with van der Waals surface area (Å²) in [7, 11) is -10.8. The molecule has 3 heterocycles. The molecule has 1 aromatic carbocycles. The highest BCUT2D eigenvalue weighted by Crippen LogP contribution is 3.02. The highest BCUT2D eigenvalue weighted by molar-refractivity contribution is 8.45. The van der Waals surface area contributed by atoms with Gasteiger partial charge in [-0.1, -0.05) is 31.6 Å². The molecule has 1 saturated heterocycles. The van der Waals surface area contributed by atoms with Gasteiger partial charge in [-0.25, -0.2) is 4.98 Å². The highest BCUT2D eigenvalue weighted by atomic mass is 32.5. The van der Waals surface area contributed by atoms with Crippen LogP contribution in [0.25, 0.3) is 0 Å². The van der Waals surface area contributed by atoms with Crippen molar-refractivity contribution in [2.75, 3.05) is 35.7 Å². The number of aryl methyl sites for hydroxylation is 1. The number of rotatable bonds is 6. The Morgan fingerprint density at radius 1 is 1.11 bits per heavy atom. The molecule has 0 unspecified atom stereocenters. The number of piperidine rings is 1. The van der Waals surface area contributed by atoms with Crippen LogP contribution in [0.5, 0.6) is 0 Å². The molecule has 0 spiro atoms. The zero-order valence-electron chi connectivity index (χ0n) is 19.0. The molecule has 1 aromatic heterocycles. The van der Waals surface area contributed by atoms with Crippen molar-refractivity contribution in [3.05, 3.63) is 41.5 Å². The lowest BCUT2D eigenvalue weighted by molar-refractivity contribution is 0.143. The Balaban J connectivity index is 1.32. The zero-order valence-corrected chi connectivity index (χ0v) is 20.6. The maximum Gasteiger partial charge on any atom is 0.310 e. The molecule has 12 heteroatoms. The molecule has 1 aliphatic carbocycles. The quantitative estimate of drug-likeness (QED) is 0.435. The van der Waals surface area contributed by atoms with Gasteiger partial charge in [-0.05, 0) is 73.8 Å². The first-order chi connectivity index (χ1) is 16.3. The number of aliphatic hydroxyl groups excluding tert-OH is 1. The van der Waals surface area contributed by atoms with Gasteiger partial charge in [0.2, 0.25) is 0 Å². The fourth-order valence-corrected chi connectivity index (χ4v) is 7.20. The fourth-order valence-electron chi connectivity index (χ4n) is 5.18. The SMILES string of the molecule is O=[S@@]1CCc2cc(N3CCC(c4ccc(S(F)(F)(F)(F)F)cc4)CC3)nc(NC3(CO)CCC3)c21. The zero-order chi connectivity index (χ0) is 25.1. The summed E-state index contributed by atoms with van der Waals surface area (Å²) in [5, 5.41) is 13.3. The van der Waals surface area contributed by atoms with E-state index in [1.54, 1.807) is 0 Å². The third-order valence-electron chi connectivity index (χ3n) is 7.43. The molecule has 194 valence electrons. The minimum atomic E-state index is -9.67. The lowest BCUT2D eigenvalue weighted by atomic mass is 9.77. The summed E-state index contributed by atoms with van der Waals surface area (Å²) < 4.78 is 77.7. The van der Waals surface area contributed by atoms with Crippen LogP contribution in [0.2, 0.25) is 0 Å². The van der Waals surface area contributed by atoms with E-state index in [1.165, 1.54) is 0 Å². The number of hydrogen-bond donors (Lipinski definition) is 2. The molecule has 0 amide bonds. The number of hydrogen-bond acceptors (Lipinski definition) is 5. The molecule has 2 N–H and O–H groups in total. The molecule has 0 bridgehead atoms. The number of pyridine rings is 1. The van der Waals surface area contributed by atoms with Crippen LogP contribution in [0.15, 0.2) is 40.1 Å². The van der Waals surface area contributed by atoms with Gasteiger partial charge in [-0.3, -0.25) is 4.21 Å². The number of nitrogens with zero attached hydrogens (tertiary/aromatic N) is 2. The molecule has 5 nitrogen and oxygen atoms in total. The van der Waals surface area contributed by atoms with E-state index in [0.717, 1.165) is 42.8 Å². The molecule has 35 heavy (non-hydrogen) atoms. The summed E-state index contributed by atoms with van der Waals surface area (Å²) in [6.45, 7) is 1.19. The number of aliphatic hydroxyl groups is 1. The van der Waals surface area contributed by atoms with E-state index in [2.05, 4.69) is 10.2 Å². The lowest BCUT2D eigenvalue weighted by Gasteiger charge is -2.42. The Labute approximate surface area is 203 Å². The summed E-state index contributed by atoms with van der Waals surface area (Å²) in [5.41, 5.74) is 1.17. The molecule has 5 rings (SSSR count). The van der Waals surface area contributed by atoms with Crippen LogP contribution in [-0.2, 0) is 17.2 Å². The van der Waals surface area contributed by atoms with E-state index in [1.807, 2.05) is 6.07 Å². The topological polar surface area (TPSA) is 65.5 Å². The van der Waals surface area contributed by atoms with Crippen molar-refractivity contribution in [3.63, 3.8) is 0 Å². The van der Waals surface area contributed by atoms with E-state index in [9.17, 15) is 28.7 Å². The first-order valence-corrected chi connectivity index (χ1v) is 14.9. The monoisotopic (exact) mass is 537 g/mol. The van der Waals surface area contributed by atoms with E-state index in [-0.39, 0.29) is 12.5 Å². The Morgan fingerprint density at radius 2 is 1.77 bits per heavy atom. The average molecular weight is 538 g/mol. The number of halogens is 5. The second-order valence-electron chi connectivity index (χ2n) is 9.83. The van der Waals surface area contributed by atoms with E-state index in [0.29, 0.717) is 66.5 Å². The molecule has 3 aliphatic rings. The maximum absolute atomic E-state index is 13.0. The third kappa shape index (κ3) is 4.89. The van der Waals surface area contributed by atoms with Gasteiger partial charge in [0.15, 0.2) is 0 Å². The normalized spacial score (nSPS) is 24.3. The molecule has 1 atom stereocenters. The van der Waals surface area contributed by atoms with Crippen molar-refractivity contribution < 1.29 is 28.7 Å². The van der Waals surface area contributed by atoms with E-state index < -0.39 is 31.5 Å². The number of anilines is 2. The molecular weight excluding hydrogens is 509 g/mol. The molecule has 0 radical (unpaired) electrons. The minimum Gasteiger partial charge on any atom is -0.394 e. The van der Waals surface area contributed by atoms with Crippen LogP contribution in [0.1, 0.15) is 49.1 Å². The van der Waals surface area contributed by atoms with Gasteiger partial charge < -0.3 is 15.3 Å². The molecule has 2 aromatic rings. The highest BCUT2D eigenvalue weighted by Gasteiger charge is 2.65. The van der Waals surface area contributed by atoms with Crippen LogP contribution in [0.4, 0.5) is 31.1 Å². The standard InChI is InChI=1S/C23H28F5N3O2S2/c24-35(25,26,27,28)19-4-2-16(3-5-19)17-6-11-31(12-7-17)20-14-18-8-13-34(33)21(18)22(29-20)30-23(15-32)9-1-10-23/h2-5,14,17,32H,1,6-13,15H2,(H,29,30)/t34-/m1/s1. The average Bonchev–Trinajstić information content (AvgIpc) is 3.16. The lowest BCUT2D eigenvalue weighted by Crippen LogP contribution is -2.48. The van der Waals surface area contributed by atoms with Crippen LogP contribution >= 0.6 is 10.2 Å². The van der Waals surface area contributed by atoms with Crippen LogP contribution in [0, 0.1) is 0 Å². The van der Waals surface area contributed by atoms with Gasteiger partial charge in [0.25, 0.3) is 0 Å². The third-order valence-corrected chi connectivity index (χ3v) is 10.1. The van der Waals surface area contributed by atoms with E-state index in [4.69, 9.17) is 4.98 Å². The Bertz CT molecular complexity index is 1160. The Morgan fingerprint density at radius 3 is 2.31 bits per heavy atom. The summed E-state index contributed by atoms with van der Waals surface area (Å²) in [6.07, 6.45) is 4.63. The van der Waals surface area contributed by atoms with Gasteiger partial charge >= 0.3 is 10.2 Å². The summed E-state index contributed by atoms with van der Waals surface area (Å²) in [4.78, 5) is 5.74. The van der Waals surface area contributed by atoms with Crippen molar-refractivity contribution in [2.45, 2.75) is 59.8 Å². The van der Waals surface area contributed by atoms with Crippen molar-refractivity contribution in [1.82, 2.24) is 4.98 Å². The van der Waals surface area contributed by atoms with Crippen molar-refractivity contribution in [1.29, 1.82) is 0 Å². The van der Waals surface area contributed by atoms with Gasteiger partial charge in [0.1, 0.15) is 16.5 Å². The predicted octanol–water partition coefficient (Wildman–Crippen LogP) is 6.11. The molecule has 2 fully saturated rings. The summed E-state index contributed by atoms with van der Waals surface area (Å²) >= 11 is 0. The van der Waals surface area contributed by atoms with Crippen molar-refractivity contribution in [2.24, 2.45) is 0 Å². The Kier molecular flexibility index (Phi) is 5.51. The van der Waals surface area contributed by atoms with Crippen LogP contribution in [0.3, 0.4) is 0 Å². The van der Waals surface area contributed by atoms with Crippen LogP contribution < -0.4 is 10.2 Å². The van der Waals surface area contributed by atoms with E-state index >= 15 is 0 Å². The van der Waals surface area contributed by atoms with Gasteiger partial charge in [-0.2, -0.15) is 0 Å². The fraction of sp³-hybridized carbons (Fsp3) is 0.522. The largest absolute Gasteiger partial charge is 0.394 e. The number of fused-ring (bicyclic) bond motifs is 1. The summed E-state index contributed by atoms with van der Waals surface area (Å²) in [5.74, 6) is 1.81. The predicted molar refractivity (Wildman–Crippen MR) is 129 cm³/mol. The number of nitrogens with one attached hydrogen (secondary N) is 1. The van der Waals surface area contributed by atoms with Crippen LogP contribution in [-0.4, -0.2) is 45.3 Å². The summed E-state index contributed by atoms with van der Waals surface area (Å²) in [6, 6.07) is 5.25. The minimum absolute atomic E-state index is 0.0213. The maximum atomic E-state index is 13.0. The second-order valence-corrected chi connectivity index (χ2v) is 13.8. The number of benzene rings is 1. The molecule has 2 aliphatic heterocycles. The molecule has 1 saturated carbocycles.